The van der Waals surface area contributed by atoms with Gasteiger partial charge >= 0.3 is 0 Å². The number of nitrogens with zero attached hydrogens (tertiary/aromatic N) is 3. The molecule has 0 atom stereocenters. The van der Waals surface area contributed by atoms with Crippen molar-refractivity contribution in [2.45, 2.75) is 0 Å². The molecule has 3 rings (SSSR count). The molecule has 3 aromatic rings. The molecule has 6 nitrogen and oxygen atoms in total. The Kier molecular flexibility index (Phi) is 2.30. The number of benzene rings is 1. The second kappa shape index (κ2) is 3.95. The van der Waals surface area contributed by atoms with Crippen LogP contribution < -0.4 is 5.32 Å². The van der Waals surface area contributed by atoms with E-state index < -0.39 is 0 Å². The molecule has 1 aromatic carbocycles. The first-order valence-corrected chi connectivity index (χ1v) is 5.72. The van der Waals surface area contributed by atoms with Crippen LogP contribution in [0.1, 0.15) is 10.4 Å². The molecule has 0 fully saturated rings. The fraction of sp³-hybridized carbons (Fsp3) is 0. The summed E-state index contributed by atoms with van der Waals surface area (Å²) in [5.41, 5.74) is 3.55. The lowest BCUT2D eigenvalue weighted by molar-refractivity contribution is 0.102. The molecule has 0 unspecified atom stereocenters. The van der Waals surface area contributed by atoms with E-state index in [-0.39, 0.29) is 5.91 Å². The summed E-state index contributed by atoms with van der Waals surface area (Å²) in [5, 5.41) is 10.6. The summed E-state index contributed by atoms with van der Waals surface area (Å²) >= 11 is 1.27. The summed E-state index contributed by atoms with van der Waals surface area (Å²) in [5.74, 6) is -0.237. The lowest BCUT2D eigenvalue weighted by Gasteiger charge is -2.01. The van der Waals surface area contributed by atoms with Crippen LogP contribution in [0.4, 0.5) is 5.13 Å². The van der Waals surface area contributed by atoms with E-state index in [4.69, 9.17) is 0 Å². The topological polar surface area (TPSA) is 83.6 Å². The molecule has 0 saturated carbocycles. The number of aromatic amines is 1. The molecule has 2 heterocycles. The van der Waals surface area contributed by atoms with Crippen LogP contribution in [0.5, 0.6) is 0 Å². The molecule has 2 aromatic heterocycles. The molecule has 1 amide bonds. The highest BCUT2D eigenvalue weighted by molar-refractivity contribution is 7.13. The predicted octanol–water partition coefficient (Wildman–Crippen LogP) is 1.67. The number of hydrogen-bond acceptors (Lipinski definition) is 5. The van der Waals surface area contributed by atoms with Gasteiger partial charge in [0.05, 0.1) is 17.4 Å². The van der Waals surface area contributed by atoms with Gasteiger partial charge in [-0.25, -0.2) is 4.98 Å². The number of fused-ring (bicyclic) bond motifs is 1. The van der Waals surface area contributed by atoms with Gasteiger partial charge in [-0.1, -0.05) is 17.4 Å². The van der Waals surface area contributed by atoms with E-state index in [1.54, 1.807) is 24.0 Å². The number of nitrogens with one attached hydrogen (secondary N) is 2. The van der Waals surface area contributed by atoms with Gasteiger partial charge in [0.1, 0.15) is 11.0 Å². The van der Waals surface area contributed by atoms with Crippen molar-refractivity contribution in [1.82, 2.24) is 20.2 Å². The largest absolute Gasteiger partial charge is 0.345 e. The average Bonchev–Trinajstić information content (AvgIpc) is 2.97. The van der Waals surface area contributed by atoms with Gasteiger partial charge in [0.15, 0.2) is 0 Å². The van der Waals surface area contributed by atoms with E-state index in [0.717, 1.165) is 5.52 Å². The van der Waals surface area contributed by atoms with E-state index >= 15 is 0 Å². The maximum atomic E-state index is 12.0. The fourth-order valence-electron chi connectivity index (χ4n) is 1.54. The first-order valence-electron chi connectivity index (χ1n) is 4.84. The van der Waals surface area contributed by atoms with Crippen LogP contribution in [0.15, 0.2) is 30.0 Å². The average molecular weight is 245 g/mol. The van der Waals surface area contributed by atoms with Crippen molar-refractivity contribution in [3.05, 3.63) is 35.6 Å². The van der Waals surface area contributed by atoms with Crippen molar-refractivity contribution in [3.63, 3.8) is 0 Å². The molecule has 0 radical (unpaired) electrons. The Morgan fingerprint density at radius 3 is 3.18 bits per heavy atom. The summed E-state index contributed by atoms with van der Waals surface area (Å²) < 4.78 is 0. The number of carbonyl (C=O) groups excluding carboxylic acids is 1. The highest BCUT2D eigenvalue weighted by Crippen LogP contribution is 2.17. The van der Waals surface area contributed by atoms with Crippen molar-refractivity contribution in [2.24, 2.45) is 0 Å². The molecule has 2 N–H and O–H groups in total. The van der Waals surface area contributed by atoms with Gasteiger partial charge < -0.3 is 4.98 Å². The zero-order valence-corrected chi connectivity index (χ0v) is 9.36. The normalized spacial score (nSPS) is 10.6. The molecule has 17 heavy (non-hydrogen) atoms. The summed E-state index contributed by atoms with van der Waals surface area (Å²) in [7, 11) is 0. The number of amides is 1. The summed E-state index contributed by atoms with van der Waals surface area (Å²) in [6, 6.07) is 5.39. The molecular formula is C10H7N5OS. The third-order valence-electron chi connectivity index (χ3n) is 2.27. The third-order valence-corrected chi connectivity index (χ3v) is 2.88. The molecular weight excluding hydrogens is 238 g/mol. The second-order valence-corrected chi connectivity index (χ2v) is 4.14. The quantitative estimate of drug-likeness (QED) is 0.719. The number of aromatic nitrogens is 4. The fourth-order valence-corrected chi connectivity index (χ4v) is 1.98. The van der Waals surface area contributed by atoms with Gasteiger partial charge in [-0.15, -0.1) is 10.2 Å². The lowest BCUT2D eigenvalue weighted by atomic mass is 10.2. The van der Waals surface area contributed by atoms with Gasteiger partial charge in [-0.2, -0.15) is 0 Å². The maximum absolute atomic E-state index is 12.0. The summed E-state index contributed by atoms with van der Waals surface area (Å²) in [6.45, 7) is 0. The second-order valence-electron chi connectivity index (χ2n) is 3.30. The Hall–Kier alpha value is -2.28. The minimum Gasteiger partial charge on any atom is -0.345 e. The number of para-hydroxylation sites is 1. The lowest BCUT2D eigenvalue weighted by Crippen LogP contribution is -2.12. The van der Waals surface area contributed by atoms with E-state index in [1.165, 1.54) is 11.3 Å². The number of anilines is 1. The van der Waals surface area contributed by atoms with Crippen LogP contribution in [-0.4, -0.2) is 26.1 Å². The van der Waals surface area contributed by atoms with Gasteiger partial charge in [0, 0.05) is 0 Å². The molecule has 0 bridgehead atoms. The van der Waals surface area contributed by atoms with E-state index in [1.807, 2.05) is 6.07 Å². The van der Waals surface area contributed by atoms with Crippen molar-refractivity contribution < 1.29 is 4.79 Å². The number of H-pyrrole nitrogens is 1. The van der Waals surface area contributed by atoms with E-state index in [2.05, 4.69) is 25.5 Å². The van der Waals surface area contributed by atoms with Gasteiger partial charge in [-0.05, 0) is 12.1 Å². The van der Waals surface area contributed by atoms with Gasteiger partial charge in [0.2, 0.25) is 5.13 Å². The van der Waals surface area contributed by atoms with Crippen LogP contribution in [0.2, 0.25) is 0 Å². The molecule has 84 valence electrons. The molecule has 0 aliphatic rings. The Labute approximate surface area is 99.7 Å². The summed E-state index contributed by atoms with van der Waals surface area (Å²) in [6.07, 6.45) is 1.56. The number of carbonyl (C=O) groups is 1. The maximum Gasteiger partial charge on any atom is 0.259 e. The predicted molar refractivity (Wildman–Crippen MR) is 64.0 cm³/mol. The Balaban J connectivity index is 1.98. The summed E-state index contributed by atoms with van der Waals surface area (Å²) in [4.78, 5) is 19.1. The minimum atomic E-state index is -0.237. The standard InChI is InChI=1S/C10H7N5OS/c16-9(14-10-15-13-5-17-10)6-2-1-3-7-8(6)12-4-11-7/h1-5H,(H,11,12)(H,14,15,16). The molecule has 0 spiro atoms. The van der Waals surface area contributed by atoms with Crippen LogP contribution in [0.3, 0.4) is 0 Å². The van der Waals surface area contributed by atoms with Crippen molar-refractivity contribution in [1.29, 1.82) is 0 Å². The van der Waals surface area contributed by atoms with Crippen molar-refractivity contribution >= 4 is 33.4 Å². The number of hydrogen-bond donors (Lipinski definition) is 2. The number of imidazole rings is 1. The van der Waals surface area contributed by atoms with Crippen LogP contribution in [0.25, 0.3) is 11.0 Å². The van der Waals surface area contributed by atoms with Crippen LogP contribution in [0, 0.1) is 0 Å². The molecule has 0 aliphatic heterocycles. The SMILES string of the molecule is O=C(Nc1nncs1)c1cccc2[nH]cnc12. The Bertz CT molecular complexity index is 660. The molecule has 0 aliphatic carbocycles. The van der Waals surface area contributed by atoms with E-state index in [0.29, 0.717) is 16.2 Å². The zero-order valence-electron chi connectivity index (χ0n) is 8.54. The van der Waals surface area contributed by atoms with Crippen molar-refractivity contribution in [3.8, 4) is 0 Å². The molecule has 0 saturated heterocycles. The minimum absolute atomic E-state index is 0.237. The van der Waals surface area contributed by atoms with Crippen LogP contribution in [-0.2, 0) is 0 Å². The van der Waals surface area contributed by atoms with E-state index in [9.17, 15) is 4.79 Å². The van der Waals surface area contributed by atoms with Crippen LogP contribution >= 0.6 is 11.3 Å². The van der Waals surface area contributed by atoms with Gasteiger partial charge in [0.25, 0.3) is 5.91 Å². The third kappa shape index (κ3) is 1.76. The first kappa shape index (κ1) is 9.91. The Morgan fingerprint density at radius 2 is 2.35 bits per heavy atom. The first-order chi connectivity index (χ1) is 8.34. The smallest absolute Gasteiger partial charge is 0.259 e. The highest BCUT2D eigenvalue weighted by Gasteiger charge is 2.12. The zero-order chi connectivity index (χ0) is 11.7. The monoisotopic (exact) mass is 245 g/mol. The molecule has 7 heteroatoms. The Morgan fingerprint density at radius 1 is 1.41 bits per heavy atom. The number of rotatable bonds is 2. The highest BCUT2D eigenvalue weighted by atomic mass is 32.1. The van der Waals surface area contributed by atoms with Crippen molar-refractivity contribution in [2.75, 3.05) is 5.32 Å². The van der Waals surface area contributed by atoms with Gasteiger partial charge in [-0.3, -0.25) is 10.1 Å².